The van der Waals surface area contributed by atoms with E-state index in [1.165, 1.54) is 12.1 Å². The average molecular weight is 477 g/mol. The van der Waals surface area contributed by atoms with E-state index in [0.717, 1.165) is 17.6 Å². The van der Waals surface area contributed by atoms with Gasteiger partial charge in [0.05, 0.1) is 10.0 Å². The molecule has 6 N–H and O–H groups in total. The van der Waals surface area contributed by atoms with Gasteiger partial charge in [-0.15, -0.1) is 0 Å². The van der Waals surface area contributed by atoms with Gasteiger partial charge in [0.25, 0.3) is 0 Å². The van der Waals surface area contributed by atoms with E-state index in [9.17, 15) is 15.0 Å². The van der Waals surface area contributed by atoms with Crippen LogP contribution in [-0.4, -0.2) is 23.3 Å². The number of nitrogens with two attached hydrogens (primary N) is 2. The van der Waals surface area contributed by atoms with Crippen LogP contribution in [0, 0.1) is 0 Å². The molecule has 0 unspecified atom stereocenters. The predicted molar refractivity (Wildman–Crippen MR) is 126 cm³/mol. The molecule has 0 bridgehead atoms. The summed E-state index contributed by atoms with van der Waals surface area (Å²) >= 11 is 11.6. The van der Waals surface area contributed by atoms with Crippen LogP contribution in [0.4, 0.5) is 0 Å². The zero-order valence-electron chi connectivity index (χ0n) is 17.0. The van der Waals surface area contributed by atoms with Gasteiger partial charge in [0.15, 0.2) is 0 Å². The Morgan fingerprint density at radius 1 is 0.938 bits per heavy atom. The van der Waals surface area contributed by atoms with Crippen molar-refractivity contribution in [3.8, 4) is 17.2 Å². The predicted octanol–water partition coefficient (Wildman–Crippen LogP) is 4.34. The molecular weight excluding hydrogens is 455 g/mol. The Morgan fingerprint density at radius 3 is 2.28 bits per heavy atom. The van der Waals surface area contributed by atoms with Crippen LogP contribution in [0.1, 0.15) is 17.5 Å². The van der Waals surface area contributed by atoms with Crippen LogP contribution >= 0.6 is 23.2 Å². The van der Waals surface area contributed by atoms with E-state index in [-0.39, 0.29) is 16.5 Å². The maximum absolute atomic E-state index is 11.5. The number of phenolic OH excluding ortho intramolecular Hbond substituents is 2. The highest BCUT2D eigenvalue weighted by Crippen LogP contribution is 2.40. The van der Waals surface area contributed by atoms with Crippen molar-refractivity contribution in [3.63, 3.8) is 0 Å². The molecule has 0 saturated carbocycles. The Morgan fingerprint density at radius 2 is 1.59 bits per heavy atom. The van der Waals surface area contributed by atoms with E-state index >= 15 is 0 Å². The van der Waals surface area contributed by atoms with Gasteiger partial charge in [-0.1, -0.05) is 29.8 Å². The monoisotopic (exact) mass is 476 g/mol. The van der Waals surface area contributed by atoms with E-state index in [0.29, 0.717) is 52.6 Å². The van der Waals surface area contributed by atoms with E-state index in [4.69, 9.17) is 43.8 Å². The maximum atomic E-state index is 11.5. The zero-order chi connectivity index (χ0) is 23.4. The molecule has 1 aliphatic heterocycles. The highest BCUT2D eigenvalue weighted by atomic mass is 35.5. The summed E-state index contributed by atoms with van der Waals surface area (Å²) in [5.74, 6) is 1.00. The second kappa shape index (κ2) is 10.1. The van der Waals surface area contributed by atoms with Crippen molar-refractivity contribution in [1.82, 2.24) is 0 Å². The molecule has 9 heteroatoms. The lowest BCUT2D eigenvalue weighted by atomic mass is 9.99. The summed E-state index contributed by atoms with van der Waals surface area (Å²) in [4.78, 5) is 11.5. The van der Waals surface area contributed by atoms with Gasteiger partial charge in [-0.05, 0) is 55.8 Å². The van der Waals surface area contributed by atoms with Gasteiger partial charge in [-0.2, -0.15) is 0 Å². The number of hydrogen-bond acceptors (Lipinski definition) is 7. The van der Waals surface area contributed by atoms with E-state index in [1.54, 1.807) is 18.2 Å². The molecular formula is C23H22Cl2N2O5. The van der Waals surface area contributed by atoms with E-state index in [1.807, 2.05) is 6.08 Å². The van der Waals surface area contributed by atoms with Gasteiger partial charge < -0.3 is 30.8 Å². The number of aromatic hydroxyl groups is 2. The second-order valence-electron chi connectivity index (χ2n) is 7.02. The summed E-state index contributed by atoms with van der Waals surface area (Å²) in [5.41, 5.74) is 13.2. The van der Waals surface area contributed by atoms with E-state index in [2.05, 4.69) is 6.58 Å². The van der Waals surface area contributed by atoms with Crippen molar-refractivity contribution in [1.29, 1.82) is 0 Å². The first-order valence-corrected chi connectivity index (χ1v) is 10.4. The van der Waals surface area contributed by atoms with Gasteiger partial charge in [-0.25, -0.2) is 4.79 Å². The first-order valence-electron chi connectivity index (χ1n) is 9.69. The molecule has 0 radical (unpaired) electrons. The molecule has 4 rings (SSSR count). The van der Waals surface area contributed by atoms with Crippen molar-refractivity contribution in [2.75, 3.05) is 13.1 Å². The standard InChI is InChI=1S/C12H12ClNO2.C11H10ClNO3/c1-7-4-8(2-3-14)9-5-10(13)11(15)6-12(9)16-7;12-8-4-7-3-6(1-2-13)11(15)16-10(7)5-9(8)14/h4-6,15H,1-3,14H2;3-5,14H,1-2,13H2. The molecule has 0 aliphatic carbocycles. The van der Waals surface area contributed by atoms with Crippen LogP contribution in [0.3, 0.4) is 0 Å². The number of halogens is 2. The SMILES string of the molecule is C=C1C=C(CCN)c2cc(Cl)c(O)cc2O1.NCCc1cc2cc(Cl)c(O)cc2oc1=O. The molecule has 0 fully saturated rings. The van der Waals surface area contributed by atoms with E-state index < -0.39 is 5.63 Å². The van der Waals surface area contributed by atoms with Crippen molar-refractivity contribution in [3.05, 3.63) is 80.3 Å². The summed E-state index contributed by atoms with van der Waals surface area (Å²) in [6.45, 7) is 4.66. The summed E-state index contributed by atoms with van der Waals surface area (Å²) < 4.78 is 10.5. The summed E-state index contributed by atoms with van der Waals surface area (Å²) in [7, 11) is 0. The zero-order valence-corrected chi connectivity index (χ0v) is 18.5. The minimum atomic E-state index is -0.431. The van der Waals surface area contributed by atoms with Crippen molar-refractivity contribution in [2.45, 2.75) is 12.8 Å². The Kier molecular flexibility index (Phi) is 7.48. The Bertz CT molecular complexity index is 1270. The number of allylic oxidation sites excluding steroid dienone is 1. The lowest BCUT2D eigenvalue weighted by Crippen LogP contribution is -2.12. The molecule has 0 spiro atoms. The van der Waals surface area contributed by atoms with Gasteiger partial charge in [0, 0.05) is 28.6 Å². The number of fused-ring (bicyclic) bond motifs is 2. The van der Waals surface area contributed by atoms with Crippen LogP contribution in [0.25, 0.3) is 16.5 Å². The van der Waals surface area contributed by atoms with Gasteiger partial charge in [0.2, 0.25) is 0 Å². The minimum Gasteiger partial charge on any atom is -0.506 e. The molecule has 7 nitrogen and oxygen atoms in total. The third kappa shape index (κ3) is 5.26. The second-order valence-corrected chi connectivity index (χ2v) is 7.83. The first-order chi connectivity index (χ1) is 15.2. The number of phenols is 2. The molecule has 0 amide bonds. The Labute approximate surface area is 194 Å². The average Bonchev–Trinajstić information content (AvgIpc) is 2.72. The number of ether oxygens (including phenoxy) is 1. The Hall–Kier alpha value is -2.97. The number of rotatable bonds is 4. The van der Waals surface area contributed by atoms with Crippen LogP contribution < -0.4 is 21.8 Å². The lowest BCUT2D eigenvalue weighted by Gasteiger charge is -2.20. The molecule has 168 valence electrons. The molecule has 0 saturated heterocycles. The first kappa shape index (κ1) is 23.7. The van der Waals surface area contributed by atoms with Crippen molar-refractivity contribution in [2.24, 2.45) is 11.5 Å². The normalized spacial score (nSPS) is 12.5. The Balaban J connectivity index is 0.000000181. The maximum Gasteiger partial charge on any atom is 0.339 e. The van der Waals surface area contributed by atoms with Gasteiger partial charge in [-0.3, -0.25) is 0 Å². The molecule has 2 heterocycles. The molecule has 3 aromatic rings. The summed E-state index contributed by atoms with van der Waals surface area (Å²) in [5, 5.41) is 20.1. The fraction of sp³-hybridized carbons (Fsp3) is 0.174. The molecule has 1 aromatic heterocycles. The summed E-state index contributed by atoms with van der Waals surface area (Å²) in [6, 6.07) is 7.73. The molecule has 32 heavy (non-hydrogen) atoms. The molecule has 2 aromatic carbocycles. The van der Waals surface area contributed by atoms with Crippen LogP contribution in [0.15, 0.2) is 58.0 Å². The largest absolute Gasteiger partial charge is 0.506 e. The number of benzene rings is 2. The van der Waals surface area contributed by atoms with Crippen LogP contribution in [0.5, 0.6) is 17.2 Å². The topological polar surface area (TPSA) is 132 Å². The minimum absolute atomic E-state index is 0.00205. The molecule has 0 atom stereocenters. The smallest absolute Gasteiger partial charge is 0.339 e. The molecule has 1 aliphatic rings. The highest BCUT2D eigenvalue weighted by molar-refractivity contribution is 6.32. The van der Waals surface area contributed by atoms with Crippen molar-refractivity contribution >= 4 is 39.7 Å². The highest BCUT2D eigenvalue weighted by Gasteiger charge is 2.18. The lowest BCUT2D eigenvalue weighted by molar-refractivity contribution is 0.429. The van der Waals surface area contributed by atoms with Gasteiger partial charge in [0.1, 0.15) is 28.6 Å². The third-order valence-electron chi connectivity index (χ3n) is 4.67. The third-order valence-corrected chi connectivity index (χ3v) is 5.28. The summed E-state index contributed by atoms with van der Waals surface area (Å²) in [6.07, 6.45) is 3.01. The van der Waals surface area contributed by atoms with Gasteiger partial charge >= 0.3 is 5.63 Å². The fourth-order valence-electron chi connectivity index (χ4n) is 3.18. The van der Waals surface area contributed by atoms with Crippen LogP contribution in [0.2, 0.25) is 10.0 Å². The number of hydrogen-bond donors (Lipinski definition) is 4. The van der Waals surface area contributed by atoms with Crippen molar-refractivity contribution < 1.29 is 19.4 Å². The fourth-order valence-corrected chi connectivity index (χ4v) is 3.52. The quantitative estimate of drug-likeness (QED) is 0.411. The van der Waals surface area contributed by atoms with Crippen LogP contribution in [-0.2, 0) is 6.42 Å².